The molecule has 20 heavy (non-hydrogen) atoms. The standard InChI is InChI=1S/C14H15NO5/c16-13(11-5-6-12(20-11)14(17)18)15-9-7-19-10-4-2-1-3-8(9)10/h1-4,9,11-12H,5-7H2,(H,15,16)(H,17,18). The molecule has 3 rings (SSSR count). The summed E-state index contributed by atoms with van der Waals surface area (Å²) < 4.78 is 10.7. The Hall–Kier alpha value is -2.08. The number of amides is 1. The van der Waals surface area contributed by atoms with Gasteiger partial charge in [0, 0.05) is 5.56 Å². The molecular weight excluding hydrogens is 262 g/mol. The van der Waals surface area contributed by atoms with Crippen LogP contribution in [0.25, 0.3) is 0 Å². The number of fused-ring (bicyclic) bond motifs is 1. The summed E-state index contributed by atoms with van der Waals surface area (Å²) in [5.74, 6) is -0.526. The Morgan fingerprint density at radius 2 is 1.95 bits per heavy atom. The van der Waals surface area contributed by atoms with Crippen LogP contribution < -0.4 is 10.1 Å². The van der Waals surface area contributed by atoms with Crippen molar-refractivity contribution < 1.29 is 24.2 Å². The summed E-state index contributed by atoms with van der Waals surface area (Å²) in [7, 11) is 0. The molecule has 0 radical (unpaired) electrons. The van der Waals surface area contributed by atoms with Gasteiger partial charge in [-0.3, -0.25) is 4.79 Å². The topological polar surface area (TPSA) is 84.9 Å². The molecule has 1 saturated heterocycles. The average Bonchev–Trinajstić information content (AvgIpc) is 3.06. The lowest BCUT2D eigenvalue weighted by Gasteiger charge is -2.15. The maximum Gasteiger partial charge on any atom is 0.332 e. The molecule has 2 aliphatic rings. The first-order chi connectivity index (χ1) is 9.65. The van der Waals surface area contributed by atoms with Crippen LogP contribution in [0.4, 0.5) is 0 Å². The Bertz CT molecular complexity index is 544. The third-order valence-corrected chi connectivity index (χ3v) is 3.60. The first-order valence-corrected chi connectivity index (χ1v) is 6.55. The zero-order valence-corrected chi connectivity index (χ0v) is 10.7. The lowest BCUT2D eigenvalue weighted by atomic mass is 10.1. The molecule has 2 N–H and O–H groups in total. The van der Waals surface area contributed by atoms with E-state index >= 15 is 0 Å². The van der Waals surface area contributed by atoms with Crippen molar-refractivity contribution in [2.24, 2.45) is 0 Å². The number of carboxylic acids is 1. The molecule has 2 aliphatic heterocycles. The molecule has 1 aromatic carbocycles. The zero-order chi connectivity index (χ0) is 14.1. The Labute approximate surface area is 115 Å². The van der Waals surface area contributed by atoms with Gasteiger partial charge in [-0.25, -0.2) is 4.79 Å². The van der Waals surface area contributed by atoms with Gasteiger partial charge in [0.05, 0.1) is 6.04 Å². The van der Waals surface area contributed by atoms with Gasteiger partial charge in [-0.15, -0.1) is 0 Å². The second-order valence-corrected chi connectivity index (χ2v) is 4.94. The normalized spacial score (nSPS) is 27.7. The summed E-state index contributed by atoms with van der Waals surface area (Å²) in [6.45, 7) is 0.389. The van der Waals surface area contributed by atoms with Crippen LogP contribution in [0.15, 0.2) is 24.3 Å². The van der Waals surface area contributed by atoms with Gasteiger partial charge in [-0.2, -0.15) is 0 Å². The van der Waals surface area contributed by atoms with E-state index in [1.807, 2.05) is 24.3 Å². The minimum absolute atomic E-state index is 0.203. The van der Waals surface area contributed by atoms with Crippen LogP contribution in [0.3, 0.4) is 0 Å². The SMILES string of the molecule is O=C(O)C1CCC(C(=O)NC2COc3ccccc32)O1. The number of benzene rings is 1. The highest BCUT2D eigenvalue weighted by molar-refractivity contribution is 5.83. The number of carbonyl (C=O) groups excluding carboxylic acids is 1. The maximum absolute atomic E-state index is 12.1. The van der Waals surface area contributed by atoms with E-state index in [0.29, 0.717) is 19.4 Å². The number of nitrogens with one attached hydrogen (secondary N) is 1. The number of hydrogen-bond acceptors (Lipinski definition) is 4. The van der Waals surface area contributed by atoms with Gasteiger partial charge in [0.2, 0.25) is 5.91 Å². The van der Waals surface area contributed by atoms with Crippen LogP contribution in [0.1, 0.15) is 24.4 Å². The van der Waals surface area contributed by atoms with E-state index in [-0.39, 0.29) is 11.9 Å². The number of carboxylic acid groups (broad SMARTS) is 1. The summed E-state index contributed by atoms with van der Waals surface area (Å²) in [6, 6.07) is 7.32. The highest BCUT2D eigenvalue weighted by Crippen LogP contribution is 2.32. The fraction of sp³-hybridized carbons (Fsp3) is 0.429. The first-order valence-electron chi connectivity index (χ1n) is 6.55. The van der Waals surface area contributed by atoms with Crippen molar-refractivity contribution in [1.82, 2.24) is 5.32 Å². The van der Waals surface area contributed by atoms with Gasteiger partial charge < -0.3 is 19.9 Å². The van der Waals surface area contributed by atoms with Gasteiger partial charge in [0.15, 0.2) is 6.10 Å². The highest BCUT2D eigenvalue weighted by Gasteiger charge is 2.36. The second kappa shape index (κ2) is 5.13. The average molecular weight is 277 g/mol. The smallest absolute Gasteiger partial charge is 0.332 e. The van der Waals surface area contributed by atoms with Crippen molar-refractivity contribution >= 4 is 11.9 Å². The molecule has 0 spiro atoms. The summed E-state index contributed by atoms with van der Waals surface area (Å²) in [5, 5.41) is 11.7. The molecule has 1 amide bonds. The number of rotatable bonds is 3. The molecule has 3 unspecified atom stereocenters. The van der Waals surface area contributed by atoms with E-state index in [1.165, 1.54) is 0 Å². The van der Waals surface area contributed by atoms with Crippen LogP contribution in [0.5, 0.6) is 5.75 Å². The second-order valence-electron chi connectivity index (χ2n) is 4.94. The van der Waals surface area contributed by atoms with Gasteiger partial charge in [0.25, 0.3) is 0 Å². The Kier molecular flexibility index (Phi) is 3.31. The number of ether oxygens (including phenoxy) is 2. The van der Waals surface area contributed by atoms with Crippen LogP contribution in [0.2, 0.25) is 0 Å². The van der Waals surface area contributed by atoms with Crippen molar-refractivity contribution in [3.8, 4) is 5.75 Å². The van der Waals surface area contributed by atoms with Crippen LogP contribution in [-0.2, 0) is 14.3 Å². The van der Waals surface area contributed by atoms with Crippen molar-refractivity contribution in [2.45, 2.75) is 31.1 Å². The molecular formula is C14H15NO5. The monoisotopic (exact) mass is 277 g/mol. The van der Waals surface area contributed by atoms with Gasteiger partial charge in [0.1, 0.15) is 18.5 Å². The predicted molar refractivity (Wildman–Crippen MR) is 68.4 cm³/mol. The summed E-state index contributed by atoms with van der Waals surface area (Å²) in [4.78, 5) is 22.9. The fourth-order valence-corrected chi connectivity index (χ4v) is 2.56. The molecule has 6 nitrogen and oxygen atoms in total. The molecule has 0 saturated carbocycles. The van der Waals surface area contributed by atoms with Gasteiger partial charge in [-0.05, 0) is 18.9 Å². The maximum atomic E-state index is 12.1. The molecule has 2 heterocycles. The third kappa shape index (κ3) is 2.34. The van der Waals surface area contributed by atoms with E-state index in [9.17, 15) is 9.59 Å². The Morgan fingerprint density at radius 3 is 2.70 bits per heavy atom. The Morgan fingerprint density at radius 1 is 1.20 bits per heavy atom. The van der Waals surface area contributed by atoms with Crippen molar-refractivity contribution in [2.75, 3.05) is 6.61 Å². The third-order valence-electron chi connectivity index (χ3n) is 3.60. The first kappa shape index (κ1) is 12.9. The van der Waals surface area contributed by atoms with Crippen molar-refractivity contribution in [3.63, 3.8) is 0 Å². The van der Waals surface area contributed by atoms with E-state index < -0.39 is 18.2 Å². The number of carbonyl (C=O) groups is 2. The lowest BCUT2D eigenvalue weighted by molar-refractivity contribution is -0.151. The summed E-state index contributed by atoms with van der Waals surface area (Å²) in [5.41, 5.74) is 0.939. The minimum Gasteiger partial charge on any atom is -0.491 e. The zero-order valence-electron chi connectivity index (χ0n) is 10.7. The predicted octanol–water partition coefficient (Wildman–Crippen LogP) is 0.868. The van der Waals surface area contributed by atoms with Crippen molar-refractivity contribution in [3.05, 3.63) is 29.8 Å². The molecule has 1 fully saturated rings. The van der Waals surface area contributed by atoms with Crippen LogP contribution in [-0.4, -0.2) is 35.8 Å². The number of para-hydroxylation sites is 1. The molecule has 3 atom stereocenters. The molecule has 106 valence electrons. The van der Waals surface area contributed by atoms with E-state index in [1.54, 1.807) is 0 Å². The molecule has 0 bridgehead atoms. The fourth-order valence-electron chi connectivity index (χ4n) is 2.56. The molecule has 0 aromatic heterocycles. The van der Waals surface area contributed by atoms with E-state index in [0.717, 1.165) is 11.3 Å². The minimum atomic E-state index is -1.02. The number of hydrogen-bond donors (Lipinski definition) is 2. The van der Waals surface area contributed by atoms with Crippen LogP contribution in [0, 0.1) is 0 Å². The quantitative estimate of drug-likeness (QED) is 0.856. The largest absolute Gasteiger partial charge is 0.491 e. The van der Waals surface area contributed by atoms with Crippen molar-refractivity contribution in [1.29, 1.82) is 0 Å². The van der Waals surface area contributed by atoms with E-state index in [2.05, 4.69) is 5.32 Å². The molecule has 6 heteroatoms. The van der Waals surface area contributed by atoms with E-state index in [4.69, 9.17) is 14.6 Å². The summed E-state index contributed by atoms with van der Waals surface area (Å²) >= 11 is 0. The van der Waals surface area contributed by atoms with Crippen LogP contribution >= 0.6 is 0 Å². The lowest BCUT2D eigenvalue weighted by Crippen LogP contribution is -2.38. The van der Waals surface area contributed by atoms with Gasteiger partial charge in [-0.1, -0.05) is 18.2 Å². The summed E-state index contributed by atoms with van der Waals surface area (Å²) in [6.07, 6.45) is -0.773. The highest BCUT2D eigenvalue weighted by atomic mass is 16.5. The number of aliphatic carboxylic acids is 1. The Balaban J connectivity index is 1.62. The van der Waals surface area contributed by atoms with Gasteiger partial charge >= 0.3 is 5.97 Å². The molecule has 1 aromatic rings. The molecule has 0 aliphatic carbocycles.